The predicted molar refractivity (Wildman–Crippen MR) is 105 cm³/mol. The largest absolute Gasteiger partial charge is 0.383 e. The topological polar surface area (TPSA) is 84.5 Å². The van der Waals surface area contributed by atoms with Gasteiger partial charge < -0.3 is 15.2 Å². The van der Waals surface area contributed by atoms with E-state index in [0.717, 1.165) is 11.4 Å². The minimum atomic E-state index is -0.363. The molecule has 7 nitrogen and oxygen atoms in total. The van der Waals surface area contributed by atoms with Crippen molar-refractivity contribution in [1.82, 2.24) is 4.57 Å². The maximum Gasteiger partial charge on any atom is 0.309 e. The highest BCUT2D eigenvalue weighted by Crippen LogP contribution is 2.30. The van der Waals surface area contributed by atoms with Crippen molar-refractivity contribution < 1.29 is 4.92 Å². The number of nitro groups is 1. The fourth-order valence-electron chi connectivity index (χ4n) is 3.23. The van der Waals surface area contributed by atoms with E-state index in [0.29, 0.717) is 24.4 Å². The molecule has 7 heteroatoms. The van der Waals surface area contributed by atoms with Crippen LogP contribution in [0, 0.1) is 10.1 Å². The van der Waals surface area contributed by atoms with Crippen LogP contribution in [-0.2, 0) is 0 Å². The number of rotatable bonds is 5. The third-order valence-electron chi connectivity index (χ3n) is 4.50. The monoisotopic (exact) mass is 361 g/mol. The number of hydrogen-bond donors (Lipinski definition) is 2. The van der Waals surface area contributed by atoms with Crippen molar-refractivity contribution in [3.63, 3.8) is 0 Å². The quantitative estimate of drug-likeness (QED) is 0.536. The number of fused-ring (bicyclic) bond motifs is 1. The van der Waals surface area contributed by atoms with Crippen molar-refractivity contribution in [2.45, 2.75) is 6.04 Å². The van der Waals surface area contributed by atoms with Crippen LogP contribution in [0.4, 0.5) is 22.9 Å². The summed E-state index contributed by atoms with van der Waals surface area (Å²) in [5.74, 6) is 0.497. The van der Waals surface area contributed by atoms with E-state index < -0.39 is 0 Å². The molecule has 1 unspecified atom stereocenters. The van der Waals surface area contributed by atoms with Gasteiger partial charge in [-0.25, -0.2) is 4.99 Å². The number of benzene rings is 2. The molecule has 2 heterocycles. The summed E-state index contributed by atoms with van der Waals surface area (Å²) in [5, 5.41) is 18.0. The Balaban J connectivity index is 1.73. The Hall–Kier alpha value is -3.61. The van der Waals surface area contributed by atoms with Gasteiger partial charge in [0, 0.05) is 24.8 Å². The minimum absolute atomic E-state index is 0.00238. The molecule has 4 rings (SSSR count). The highest BCUT2D eigenvalue weighted by Gasteiger charge is 2.28. The van der Waals surface area contributed by atoms with E-state index >= 15 is 0 Å². The molecule has 1 aromatic heterocycles. The lowest BCUT2D eigenvalue weighted by Crippen LogP contribution is -2.27. The van der Waals surface area contributed by atoms with Gasteiger partial charge in [-0.1, -0.05) is 36.4 Å². The first-order valence-electron chi connectivity index (χ1n) is 8.75. The van der Waals surface area contributed by atoms with Gasteiger partial charge in [-0.15, -0.1) is 0 Å². The molecule has 3 aromatic rings. The van der Waals surface area contributed by atoms with Crippen LogP contribution in [0.25, 0.3) is 0 Å². The molecule has 0 amide bonds. The normalized spacial score (nSPS) is 15.9. The van der Waals surface area contributed by atoms with Crippen molar-refractivity contribution >= 4 is 22.9 Å². The summed E-state index contributed by atoms with van der Waals surface area (Å²) in [6.45, 7) is 1.23. The van der Waals surface area contributed by atoms with E-state index in [2.05, 4.69) is 10.6 Å². The van der Waals surface area contributed by atoms with Gasteiger partial charge in [-0.2, -0.15) is 0 Å². The van der Waals surface area contributed by atoms with Crippen LogP contribution in [0.1, 0.15) is 6.04 Å². The second-order valence-electron chi connectivity index (χ2n) is 6.28. The van der Waals surface area contributed by atoms with Gasteiger partial charge in [0.2, 0.25) is 0 Å². The average molecular weight is 361 g/mol. The average Bonchev–Trinajstić information content (AvgIpc) is 3.12. The Morgan fingerprint density at radius 3 is 2.48 bits per heavy atom. The van der Waals surface area contributed by atoms with Crippen LogP contribution in [0.5, 0.6) is 0 Å². The Labute approximate surface area is 156 Å². The summed E-state index contributed by atoms with van der Waals surface area (Å²) in [6, 6.07) is 22.7. The van der Waals surface area contributed by atoms with E-state index in [1.54, 1.807) is 6.07 Å². The number of aromatic nitrogens is 1. The van der Waals surface area contributed by atoms with Crippen molar-refractivity contribution in [3.8, 4) is 0 Å². The Bertz CT molecular complexity index is 1020. The second-order valence-corrected chi connectivity index (χ2v) is 6.28. The first-order chi connectivity index (χ1) is 13.2. The smallest absolute Gasteiger partial charge is 0.309 e. The zero-order valence-electron chi connectivity index (χ0n) is 14.6. The van der Waals surface area contributed by atoms with E-state index in [1.165, 1.54) is 6.07 Å². The summed E-state index contributed by atoms with van der Waals surface area (Å²) in [5.41, 5.74) is 2.57. The van der Waals surface area contributed by atoms with Gasteiger partial charge in [0.05, 0.1) is 16.7 Å². The summed E-state index contributed by atoms with van der Waals surface area (Å²) >= 11 is 0. The first-order valence-corrected chi connectivity index (χ1v) is 8.75. The molecular formula is C20H19N5O2. The Kier molecular flexibility index (Phi) is 4.57. The van der Waals surface area contributed by atoms with E-state index in [1.807, 2.05) is 65.2 Å². The van der Waals surface area contributed by atoms with E-state index in [-0.39, 0.29) is 16.7 Å². The third kappa shape index (κ3) is 3.52. The van der Waals surface area contributed by atoms with Crippen LogP contribution in [0.3, 0.4) is 0 Å². The maximum absolute atomic E-state index is 11.4. The van der Waals surface area contributed by atoms with Gasteiger partial charge in [-0.3, -0.25) is 10.1 Å². The predicted octanol–water partition coefficient (Wildman–Crippen LogP) is 3.71. The minimum Gasteiger partial charge on any atom is -0.383 e. The van der Waals surface area contributed by atoms with E-state index in [9.17, 15) is 10.1 Å². The fourth-order valence-corrected chi connectivity index (χ4v) is 3.23. The highest BCUT2D eigenvalue weighted by molar-refractivity contribution is 5.59. The SMILES string of the molecule is O=[N+]([O-])c1ccc(=Nc2ccccc2)n2c1NCC2CNc1ccccc1. The summed E-state index contributed by atoms with van der Waals surface area (Å²) in [7, 11) is 0. The van der Waals surface area contributed by atoms with E-state index in [4.69, 9.17) is 4.99 Å². The molecule has 136 valence electrons. The van der Waals surface area contributed by atoms with Crippen LogP contribution >= 0.6 is 0 Å². The Morgan fingerprint density at radius 1 is 1.07 bits per heavy atom. The molecule has 1 aliphatic rings. The molecule has 0 radical (unpaired) electrons. The zero-order chi connectivity index (χ0) is 18.6. The summed E-state index contributed by atoms with van der Waals surface area (Å²) in [4.78, 5) is 15.8. The molecule has 2 N–H and O–H groups in total. The van der Waals surface area contributed by atoms with Crippen LogP contribution < -0.4 is 16.1 Å². The lowest BCUT2D eigenvalue weighted by Gasteiger charge is -2.16. The fraction of sp³-hybridized carbons (Fsp3) is 0.150. The number of nitrogens with one attached hydrogen (secondary N) is 2. The lowest BCUT2D eigenvalue weighted by molar-refractivity contribution is -0.384. The Morgan fingerprint density at radius 2 is 1.78 bits per heavy atom. The van der Waals surface area contributed by atoms with Crippen molar-refractivity contribution in [1.29, 1.82) is 0 Å². The molecule has 1 aliphatic heterocycles. The molecular weight excluding hydrogens is 342 g/mol. The molecule has 0 fully saturated rings. The number of anilines is 2. The third-order valence-corrected chi connectivity index (χ3v) is 4.50. The van der Waals surface area contributed by atoms with Crippen molar-refractivity contribution in [3.05, 3.63) is 88.4 Å². The highest BCUT2D eigenvalue weighted by atomic mass is 16.6. The molecule has 27 heavy (non-hydrogen) atoms. The maximum atomic E-state index is 11.4. The zero-order valence-corrected chi connectivity index (χ0v) is 14.6. The van der Waals surface area contributed by atoms with Crippen LogP contribution in [0.2, 0.25) is 0 Å². The number of hydrogen-bond acceptors (Lipinski definition) is 5. The molecule has 0 aliphatic carbocycles. The van der Waals surface area contributed by atoms with Crippen molar-refractivity contribution in [2.24, 2.45) is 4.99 Å². The molecule has 0 bridgehead atoms. The standard InChI is InChI=1S/C20H19N5O2/c26-25(27)18-11-12-19(23-16-9-5-2-6-10-16)24-17(14-22-20(18)24)13-21-15-7-3-1-4-8-15/h1-12,17,21-22H,13-14H2. The van der Waals surface area contributed by atoms with Crippen LogP contribution in [0.15, 0.2) is 77.8 Å². The molecule has 0 spiro atoms. The number of pyridine rings is 1. The second kappa shape index (κ2) is 7.33. The lowest BCUT2D eigenvalue weighted by atomic mass is 10.2. The van der Waals surface area contributed by atoms with Gasteiger partial charge in [-0.05, 0) is 30.3 Å². The van der Waals surface area contributed by atoms with Gasteiger partial charge in [0.1, 0.15) is 5.49 Å². The van der Waals surface area contributed by atoms with Crippen molar-refractivity contribution in [2.75, 3.05) is 23.7 Å². The molecule has 0 saturated heterocycles. The van der Waals surface area contributed by atoms with Gasteiger partial charge >= 0.3 is 5.69 Å². The molecule has 0 saturated carbocycles. The van der Waals surface area contributed by atoms with Gasteiger partial charge in [0.15, 0.2) is 5.82 Å². The molecule has 1 atom stereocenters. The first kappa shape index (κ1) is 16.8. The number of nitrogens with zero attached hydrogens (tertiary/aromatic N) is 3. The molecule has 2 aromatic carbocycles. The summed E-state index contributed by atoms with van der Waals surface area (Å²) < 4.78 is 1.92. The van der Waals surface area contributed by atoms with Crippen LogP contribution in [-0.4, -0.2) is 22.6 Å². The van der Waals surface area contributed by atoms with Gasteiger partial charge in [0.25, 0.3) is 0 Å². The summed E-state index contributed by atoms with van der Waals surface area (Å²) in [6.07, 6.45) is 0. The number of para-hydroxylation sites is 2.